The highest BCUT2D eigenvalue weighted by Gasteiger charge is 2.38. The summed E-state index contributed by atoms with van der Waals surface area (Å²) in [4.78, 5) is 16.1. The second-order valence-electron chi connectivity index (χ2n) is 16.3. The van der Waals surface area contributed by atoms with Crippen LogP contribution in [0.2, 0.25) is 0 Å². The van der Waals surface area contributed by atoms with Crippen molar-refractivity contribution in [2.75, 3.05) is 0 Å². The van der Waals surface area contributed by atoms with Gasteiger partial charge in [0.25, 0.3) is 0 Å². The summed E-state index contributed by atoms with van der Waals surface area (Å²) >= 11 is 0. The fraction of sp³-hybridized carbons (Fsp3) is 0.0351. The van der Waals surface area contributed by atoms with E-state index in [1.165, 1.54) is 26.9 Å². The van der Waals surface area contributed by atoms with Gasteiger partial charge in [-0.15, -0.1) is 0 Å². The van der Waals surface area contributed by atoms with Crippen LogP contribution in [0.25, 0.3) is 105 Å². The molecule has 0 amide bonds. The number of rotatable bonds is 5. The Morgan fingerprint density at radius 1 is 0.403 bits per heavy atom. The zero-order valence-corrected chi connectivity index (χ0v) is 33.5. The molecule has 11 aromatic rings. The second-order valence-corrected chi connectivity index (χ2v) is 16.3. The molecule has 0 radical (unpaired) electrons. The van der Waals surface area contributed by atoms with Crippen LogP contribution in [0.1, 0.15) is 11.5 Å². The van der Waals surface area contributed by atoms with E-state index >= 15 is 0 Å². The standard InChI is InChI=1S/C57H36N4O/c1-2-14-35(15-3-1)36-26-28-37(29-27-36)55-58-56(60-57(59-55)48-33-40-18-6-7-19-41(40)42-20-8-9-21-43(42)48)46-30-31-50(54-53(46)45-23-11-13-25-52(45)62-54)61-49-24-12-10-22-44(49)47-32-38-16-4-5-17-39(38)34-51(47)61/h1-34,45,52H. The SMILES string of the molecule is C1=CC2Oc3c(-n4c5ccccc5c5cc6ccccc6cc54)ccc(-c4nc(-c5ccc(-c6ccccc6)cc5)nc(-c5cc6ccccc6c6ccccc56)n4)c3C2C=C1. The van der Waals surface area contributed by atoms with E-state index in [0.29, 0.717) is 17.5 Å². The summed E-state index contributed by atoms with van der Waals surface area (Å²) in [6, 6.07) is 64.6. The average molecular weight is 793 g/mol. The first-order valence-corrected chi connectivity index (χ1v) is 21.2. The fourth-order valence-electron chi connectivity index (χ4n) is 9.85. The predicted octanol–water partition coefficient (Wildman–Crippen LogP) is 14.1. The van der Waals surface area contributed by atoms with E-state index in [4.69, 9.17) is 19.7 Å². The smallest absolute Gasteiger partial charge is 0.164 e. The van der Waals surface area contributed by atoms with Gasteiger partial charge < -0.3 is 9.30 Å². The molecule has 0 saturated carbocycles. The highest BCUT2D eigenvalue weighted by molar-refractivity contribution is 6.15. The number of para-hydroxylation sites is 1. The van der Waals surface area contributed by atoms with E-state index in [1.807, 2.05) is 6.07 Å². The summed E-state index contributed by atoms with van der Waals surface area (Å²) in [5.74, 6) is 2.66. The molecule has 2 aliphatic rings. The molecule has 0 N–H and O–H groups in total. The summed E-state index contributed by atoms with van der Waals surface area (Å²) in [7, 11) is 0. The molecule has 290 valence electrons. The maximum atomic E-state index is 7.07. The van der Waals surface area contributed by atoms with Crippen LogP contribution >= 0.6 is 0 Å². The number of hydrogen-bond donors (Lipinski definition) is 0. The summed E-state index contributed by atoms with van der Waals surface area (Å²) in [6.45, 7) is 0. The van der Waals surface area contributed by atoms with E-state index in [0.717, 1.165) is 72.0 Å². The van der Waals surface area contributed by atoms with Gasteiger partial charge in [-0.1, -0.05) is 164 Å². The van der Waals surface area contributed by atoms with Gasteiger partial charge in [-0.2, -0.15) is 0 Å². The fourth-order valence-corrected chi connectivity index (χ4v) is 9.85. The van der Waals surface area contributed by atoms with E-state index in [9.17, 15) is 0 Å². The molecule has 1 aliphatic heterocycles. The largest absolute Gasteiger partial charge is 0.483 e. The highest BCUT2D eigenvalue weighted by atomic mass is 16.5. The molecule has 13 rings (SSSR count). The van der Waals surface area contributed by atoms with Crippen molar-refractivity contribution in [3.8, 4) is 56.7 Å². The Morgan fingerprint density at radius 2 is 1.02 bits per heavy atom. The van der Waals surface area contributed by atoms with Crippen LogP contribution in [0.3, 0.4) is 0 Å². The number of aromatic nitrogens is 4. The van der Waals surface area contributed by atoms with Gasteiger partial charge in [-0.05, 0) is 85.9 Å². The molecule has 2 unspecified atom stereocenters. The molecule has 5 nitrogen and oxygen atoms in total. The molecule has 2 atom stereocenters. The summed E-state index contributed by atoms with van der Waals surface area (Å²) in [5, 5.41) is 9.42. The van der Waals surface area contributed by atoms with Gasteiger partial charge in [0.2, 0.25) is 0 Å². The summed E-state index contributed by atoms with van der Waals surface area (Å²) in [5.41, 5.74) is 9.44. The molecule has 2 aromatic heterocycles. The minimum absolute atomic E-state index is 0.0332. The van der Waals surface area contributed by atoms with Gasteiger partial charge in [-0.3, -0.25) is 0 Å². The van der Waals surface area contributed by atoms with E-state index < -0.39 is 0 Å². The third-order valence-electron chi connectivity index (χ3n) is 12.8. The molecule has 5 heteroatoms. The molecule has 3 heterocycles. The van der Waals surface area contributed by atoms with Crippen molar-refractivity contribution in [3.63, 3.8) is 0 Å². The van der Waals surface area contributed by atoms with Crippen molar-refractivity contribution in [2.24, 2.45) is 0 Å². The van der Waals surface area contributed by atoms with Gasteiger partial charge in [0, 0.05) is 38.9 Å². The maximum Gasteiger partial charge on any atom is 0.164 e. The first-order valence-electron chi connectivity index (χ1n) is 21.2. The topological polar surface area (TPSA) is 52.8 Å². The molecule has 9 aromatic carbocycles. The van der Waals surface area contributed by atoms with Crippen molar-refractivity contribution >= 4 is 54.1 Å². The Balaban J connectivity index is 1.07. The van der Waals surface area contributed by atoms with Crippen LogP contribution in [0.5, 0.6) is 5.75 Å². The van der Waals surface area contributed by atoms with Crippen LogP contribution in [0, 0.1) is 0 Å². The number of fused-ring (bicyclic) bond motifs is 10. The lowest BCUT2D eigenvalue weighted by atomic mass is 9.88. The third kappa shape index (κ3) is 5.38. The van der Waals surface area contributed by atoms with E-state index in [-0.39, 0.29) is 12.0 Å². The molecule has 0 spiro atoms. The van der Waals surface area contributed by atoms with Crippen LogP contribution in [-0.2, 0) is 0 Å². The van der Waals surface area contributed by atoms with E-state index in [1.54, 1.807) is 0 Å². The van der Waals surface area contributed by atoms with Crippen LogP contribution < -0.4 is 4.74 Å². The van der Waals surface area contributed by atoms with Gasteiger partial charge >= 0.3 is 0 Å². The molecule has 0 saturated heterocycles. The molecular formula is C57H36N4O. The lowest BCUT2D eigenvalue weighted by Gasteiger charge is -2.17. The minimum atomic E-state index is -0.167. The number of benzene rings is 9. The maximum absolute atomic E-state index is 7.07. The number of allylic oxidation sites excluding steroid dienone is 2. The van der Waals surface area contributed by atoms with E-state index in [2.05, 4.69) is 205 Å². The zero-order valence-electron chi connectivity index (χ0n) is 33.5. The van der Waals surface area contributed by atoms with Crippen molar-refractivity contribution in [1.82, 2.24) is 19.5 Å². The van der Waals surface area contributed by atoms with Crippen molar-refractivity contribution in [2.45, 2.75) is 12.0 Å². The van der Waals surface area contributed by atoms with Crippen molar-refractivity contribution < 1.29 is 4.74 Å². The van der Waals surface area contributed by atoms with Gasteiger partial charge in [-0.25, -0.2) is 15.0 Å². The van der Waals surface area contributed by atoms with Crippen molar-refractivity contribution in [1.29, 1.82) is 0 Å². The Morgan fingerprint density at radius 3 is 1.84 bits per heavy atom. The number of hydrogen-bond acceptors (Lipinski definition) is 4. The normalized spacial score (nSPS) is 15.4. The van der Waals surface area contributed by atoms with Crippen LogP contribution in [0.15, 0.2) is 206 Å². The average Bonchev–Trinajstić information content (AvgIpc) is 3.89. The first kappa shape index (κ1) is 34.7. The Hall–Kier alpha value is -8.15. The van der Waals surface area contributed by atoms with Crippen molar-refractivity contribution in [3.05, 3.63) is 212 Å². The molecule has 62 heavy (non-hydrogen) atoms. The quantitative estimate of drug-likeness (QED) is 0.163. The number of nitrogens with zero attached hydrogens (tertiary/aromatic N) is 4. The van der Waals surface area contributed by atoms with Gasteiger partial charge in [0.1, 0.15) is 11.9 Å². The molecular weight excluding hydrogens is 757 g/mol. The lowest BCUT2D eigenvalue weighted by Crippen LogP contribution is -2.16. The molecule has 1 aliphatic carbocycles. The Labute approximate surface area is 357 Å². The van der Waals surface area contributed by atoms with Crippen LogP contribution in [0.4, 0.5) is 0 Å². The Bertz CT molecular complexity index is 3680. The monoisotopic (exact) mass is 792 g/mol. The zero-order chi connectivity index (χ0) is 40.7. The summed E-state index contributed by atoms with van der Waals surface area (Å²) < 4.78 is 9.45. The molecule has 0 bridgehead atoms. The number of ether oxygens (including phenoxy) is 1. The predicted molar refractivity (Wildman–Crippen MR) is 254 cm³/mol. The summed E-state index contributed by atoms with van der Waals surface area (Å²) in [6.07, 6.45) is 8.47. The van der Waals surface area contributed by atoms with Gasteiger partial charge in [0.05, 0.1) is 16.7 Å². The Kier molecular flexibility index (Phi) is 7.66. The molecule has 0 fully saturated rings. The van der Waals surface area contributed by atoms with Crippen LogP contribution in [-0.4, -0.2) is 25.6 Å². The lowest BCUT2D eigenvalue weighted by molar-refractivity contribution is 0.268. The third-order valence-corrected chi connectivity index (χ3v) is 12.8. The minimum Gasteiger partial charge on any atom is -0.483 e. The van der Waals surface area contributed by atoms with Gasteiger partial charge in [0.15, 0.2) is 17.5 Å². The first-order chi connectivity index (χ1) is 30.7. The highest BCUT2D eigenvalue weighted by Crippen LogP contribution is 2.51. The second kappa shape index (κ2) is 13.7.